The summed E-state index contributed by atoms with van der Waals surface area (Å²) < 4.78 is 0. The monoisotopic (exact) mass is 225 g/mol. The number of halogens is 1. The normalized spacial score (nSPS) is 19.1. The third-order valence-corrected chi connectivity index (χ3v) is 3.35. The van der Waals surface area contributed by atoms with Gasteiger partial charge in [-0.05, 0) is 25.0 Å². The maximum absolute atomic E-state index is 10.1. The van der Waals surface area contributed by atoms with Crippen LogP contribution in [0.4, 0.5) is 5.69 Å². The Morgan fingerprint density at radius 2 is 1.93 bits per heavy atom. The molecule has 3 heteroatoms. The van der Waals surface area contributed by atoms with Crippen LogP contribution < -0.4 is 5.32 Å². The van der Waals surface area contributed by atoms with Crippen LogP contribution in [0.5, 0.6) is 0 Å². The molecule has 2 rings (SSSR count). The standard InChI is InChI=1S/C12H16ClNO/c13-10-5-1-2-6-11(10)14-9-12(15)7-3-4-8-12/h1-2,5-6,14-15H,3-4,7-9H2. The van der Waals surface area contributed by atoms with Crippen molar-refractivity contribution in [2.45, 2.75) is 31.3 Å². The number of hydrogen-bond acceptors (Lipinski definition) is 2. The van der Waals surface area contributed by atoms with Crippen molar-refractivity contribution in [1.82, 2.24) is 0 Å². The molecule has 0 amide bonds. The molecule has 0 atom stereocenters. The maximum atomic E-state index is 10.1. The van der Waals surface area contributed by atoms with Crippen LogP contribution >= 0.6 is 11.6 Å². The van der Waals surface area contributed by atoms with E-state index < -0.39 is 5.60 Å². The molecular weight excluding hydrogens is 210 g/mol. The highest BCUT2D eigenvalue weighted by atomic mass is 35.5. The summed E-state index contributed by atoms with van der Waals surface area (Å²) in [5.74, 6) is 0. The van der Waals surface area contributed by atoms with E-state index in [-0.39, 0.29) is 0 Å². The Labute approximate surface area is 95.3 Å². The first-order valence-corrected chi connectivity index (χ1v) is 5.78. The molecule has 0 bridgehead atoms. The highest BCUT2D eigenvalue weighted by Gasteiger charge is 2.30. The van der Waals surface area contributed by atoms with Crippen molar-refractivity contribution in [2.75, 3.05) is 11.9 Å². The first-order valence-electron chi connectivity index (χ1n) is 5.40. The van der Waals surface area contributed by atoms with E-state index in [0.717, 1.165) is 31.4 Å². The average Bonchev–Trinajstić information content (AvgIpc) is 2.65. The Kier molecular flexibility index (Phi) is 3.17. The fourth-order valence-electron chi connectivity index (χ4n) is 2.07. The van der Waals surface area contributed by atoms with E-state index in [9.17, 15) is 5.11 Å². The zero-order valence-corrected chi connectivity index (χ0v) is 9.43. The number of nitrogens with one attached hydrogen (secondary N) is 1. The van der Waals surface area contributed by atoms with Gasteiger partial charge in [0, 0.05) is 6.54 Å². The number of aliphatic hydroxyl groups is 1. The number of anilines is 1. The zero-order valence-electron chi connectivity index (χ0n) is 8.67. The Hall–Kier alpha value is -0.730. The molecule has 0 aromatic heterocycles. The number of benzene rings is 1. The van der Waals surface area contributed by atoms with Gasteiger partial charge in [0.1, 0.15) is 0 Å². The summed E-state index contributed by atoms with van der Waals surface area (Å²) in [4.78, 5) is 0. The topological polar surface area (TPSA) is 32.3 Å². The summed E-state index contributed by atoms with van der Waals surface area (Å²) in [6.07, 6.45) is 4.04. The second kappa shape index (κ2) is 4.42. The zero-order chi connectivity index (χ0) is 10.7. The molecule has 1 saturated carbocycles. The van der Waals surface area contributed by atoms with Crippen LogP contribution in [-0.2, 0) is 0 Å². The molecule has 2 nitrogen and oxygen atoms in total. The van der Waals surface area contributed by atoms with Gasteiger partial charge >= 0.3 is 0 Å². The van der Waals surface area contributed by atoms with Crippen molar-refractivity contribution in [3.63, 3.8) is 0 Å². The number of hydrogen-bond donors (Lipinski definition) is 2. The quantitative estimate of drug-likeness (QED) is 0.829. The van der Waals surface area contributed by atoms with Crippen molar-refractivity contribution in [2.24, 2.45) is 0 Å². The first kappa shape index (κ1) is 10.8. The molecule has 1 fully saturated rings. The third-order valence-electron chi connectivity index (χ3n) is 3.02. The third kappa shape index (κ3) is 2.64. The molecule has 0 aliphatic heterocycles. The molecule has 1 aromatic rings. The van der Waals surface area contributed by atoms with Crippen LogP contribution in [0.1, 0.15) is 25.7 Å². The van der Waals surface area contributed by atoms with E-state index in [2.05, 4.69) is 5.32 Å². The first-order chi connectivity index (χ1) is 7.20. The second-order valence-electron chi connectivity index (χ2n) is 4.26. The molecule has 0 heterocycles. The number of rotatable bonds is 3. The van der Waals surface area contributed by atoms with Crippen molar-refractivity contribution in [3.8, 4) is 0 Å². The lowest BCUT2D eigenvalue weighted by molar-refractivity contribution is 0.0615. The van der Waals surface area contributed by atoms with Crippen molar-refractivity contribution < 1.29 is 5.11 Å². The Morgan fingerprint density at radius 3 is 2.60 bits per heavy atom. The average molecular weight is 226 g/mol. The van der Waals surface area contributed by atoms with Crippen LogP contribution in [0.15, 0.2) is 24.3 Å². The van der Waals surface area contributed by atoms with E-state index in [1.165, 1.54) is 0 Å². The van der Waals surface area contributed by atoms with Gasteiger partial charge in [-0.2, -0.15) is 0 Å². The van der Waals surface area contributed by atoms with Gasteiger partial charge in [-0.3, -0.25) is 0 Å². The minimum atomic E-state index is -0.529. The molecule has 0 radical (unpaired) electrons. The summed E-state index contributed by atoms with van der Waals surface area (Å²) >= 11 is 6.01. The minimum Gasteiger partial charge on any atom is -0.388 e. The van der Waals surface area contributed by atoms with Gasteiger partial charge in [-0.25, -0.2) is 0 Å². The molecular formula is C12H16ClNO. The SMILES string of the molecule is OC1(CNc2ccccc2Cl)CCCC1. The van der Waals surface area contributed by atoms with Gasteiger partial charge in [0.25, 0.3) is 0 Å². The van der Waals surface area contributed by atoms with Gasteiger partial charge in [0.2, 0.25) is 0 Å². The highest BCUT2D eigenvalue weighted by molar-refractivity contribution is 6.33. The molecule has 0 unspecified atom stereocenters. The Balaban J connectivity index is 1.95. The summed E-state index contributed by atoms with van der Waals surface area (Å²) in [5.41, 5.74) is 0.374. The largest absolute Gasteiger partial charge is 0.388 e. The fourth-order valence-corrected chi connectivity index (χ4v) is 2.28. The van der Waals surface area contributed by atoms with Gasteiger partial charge in [0.05, 0.1) is 16.3 Å². The van der Waals surface area contributed by atoms with Gasteiger partial charge in [-0.1, -0.05) is 36.6 Å². The van der Waals surface area contributed by atoms with Crippen LogP contribution in [0.25, 0.3) is 0 Å². The lowest BCUT2D eigenvalue weighted by atomic mass is 10.0. The van der Waals surface area contributed by atoms with Crippen LogP contribution in [0.3, 0.4) is 0 Å². The molecule has 82 valence electrons. The second-order valence-corrected chi connectivity index (χ2v) is 4.67. The van der Waals surface area contributed by atoms with E-state index >= 15 is 0 Å². The molecule has 1 aliphatic carbocycles. The Morgan fingerprint density at radius 1 is 1.27 bits per heavy atom. The molecule has 1 aromatic carbocycles. The summed E-state index contributed by atoms with van der Waals surface area (Å²) in [6.45, 7) is 0.594. The highest BCUT2D eigenvalue weighted by Crippen LogP contribution is 2.30. The summed E-state index contributed by atoms with van der Waals surface area (Å²) in [7, 11) is 0. The van der Waals surface area contributed by atoms with Gasteiger partial charge in [0.15, 0.2) is 0 Å². The van der Waals surface area contributed by atoms with E-state index in [1.54, 1.807) is 0 Å². The summed E-state index contributed by atoms with van der Waals surface area (Å²) in [6, 6.07) is 7.62. The lowest BCUT2D eigenvalue weighted by Gasteiger charge is -2.23. The van der Waals surface area contributed by atoms with Crippen molar-refractivity contribution in [1.29, 1.82) is 0 Å². The fraction of sp³-hybridized carbons (Fsp3) is 0.500. The molecule has 15 heavy (non-hydrogen) atoms. The van der Waals surface area contributed by atoms with Crippen LogP contribution in [0.2, 0.25) is 5.02 Å². The lowest BCUT2D eigenvalue weighted by Crippen LogP contribution is -2.33. The van der Waals surface area contributed by atoms with Crippen molar-refractivity contribution in [3.05, 3.63) is 29.3 Å². The molecule has 1 aliphatic rings. The van der Waals surface area contributed by atoms with Crippen LogP contribution in [0, 0.1) is 0 Å². The van der Waals surface area contributed by atoms with Crippen molar-refractivity contribution >= 4 is 17.3 Å². The molecule has 2 N–H and O–H groups in total. The summed E-state index contributed by atoms with van der Waals surface area (Å²) in [5, 5.41) is 14.1. The van der Waals surface area contributed by atoms with E-state index in [0.29, 0.717) is 11.6 Å². The minimum absolute atomic E-state index is 0.529. The molecule has 0 saturated heterocycles. The smallest absolute Gasteiger partial charge is 0.0819 e. The molecule has 0 spiro atoms. The maximum Gasteiger partial charge on any atom is 0.0819 e. The number of para-hydroxylation sites is 1. The predicted molar refractivity (Wildman–Crippen MR) is 63.4 cm³/mol. The van der Waals surface area contributed by atoms with E-state index in [1.807, 2.05) is 24.3 Å². The van der Waals surface area contributed by atoms with E-state index in [4.69, 9.17) is 11.6 Å². The van der Waals surface area contributed by atoms with Gasteiger partial charge < -0.3 is 10.4 Å². The van der Waals surface area contributed by atoms with Crippen LogP contribution in [-0.4, -0.2) is 17.3 Å². The van der Waals surface area contributed by atoms with Gasteiger partial charge in [-0.15, -0.1) is 0 Å². The predicted octanol–water partition coefficient (Wildman–Crippen LogP) is 3.06. The Bertz CT molecular complexity index is 334.